The maximum absolute atomic E-state index is 12.8. The predicted molar refractivity (Wildman–Crippen MR) is 101 cm³/mol. The first-order valence-electron chi connectivity index (χ1n) is 7.66. The van der Waals surface area contributed by atoms with Gasteiger partial charge in [-0.2, -0.15) is 0 Å². The van der Waals surface area contributed by atoms with E-state index >= 15 is 0 Å². The Morgan fingerprint density at radius 2 is 1.60 bits per heavy atom. The highest BCUT2D eigenvalue weighted by Crippen LogP contribution is 2.23. The molecule has 25 heavy (non-hydrogen) atoms. The van der Waals surface area contributed by atoms with Gasteiger partial charge < -0.3 is 5.32 Å². The van der Waals surface area contributed by atoms with E-state index in [-0.39, 0.29) is 22.7 Å². The maximum Gasteiger partial charge on any atom is 0.272 e. The monoisotopic (exact) mass is 369 g/mol. The first-order chi connectivity index (χ1) is 12.2. The van der Waals surface area contributed by atoms with Crippen molar-refractivity contribution >= 4 is 29.3 Å². The van der Waals surface area contributed by atoms with Crippen LogP contribution < -0.4 is 5.32 Å². The van der Waals surface area contributed by atoms with Crippen LogP contribution in [0.5, 0.6) is 0 Å². The molecule has 2 aromatic carbocycles. The van der Waals surface area contributed by atoms with Gasteiger partial charge in [-0.15, -0.1) is 0 Å². The molecule has 1 aromatic heterocycles. The van der Waals surface area contributed by atoms with Crippen molar-refractivity contribution < 1.29 is 4.79 Å². The highest BCUT2D eigenvalue weighted by atomic mass is 35.5. The average molecular weight is 370 g/mol. The van der Waals surface area contributed by atoms with Crippen LogP contribution >= 0.6 is 23.4 Å². The van der Waals surface area contributed by atoms with Crippen molar-refractivity contribution in [3.05, 3.63) is 88.7 Å². The van der Waals surface area contributed by atoms with Crippen LogP contribution in [0.1, 0.15) is 27.7 Å². The topological polar surface area (TPSA) is 54.9 Å². The molecular formula is C19H16ClN3OS. The summed E-state index contributed by atoms with van der Waals surface area (Å²) in [5.41, 5.74) is 2.15. The van der Waals surface area contributed by atoms with Crippen molar-refractivity contribution in [2.75, 3.05) is 6.26 Å². The van der Waals surface area contributed by atoms with Gasteiger partial charge in [0.05, 0.1) is 17.3 Å². The quantitative estimate of drug-likeness (QED) is 0.536. The Balaban J connectivity index is 1.95. The van der Waals surface area contributed by atoms with Gasteiger partial charge in [0.2, 0.25) is 0 Å². The fourth-order valence-corrected chi connectivity index (χ4v) is 2.98. The fraction of sp³-hybridized carbons (Fsp3) is 0.105. The molecule has 126 valence electrons. The van der Waals surface area contributed by atoms with E-state index in [4.69, 9.17) is 11.6 Å². The number of thioether (sulfide) groups is 1. The molecule has 6 heteroatoms. The number of carbonyl (C=O) groups excluding carboxylic acids is 1. The number of amides is 1. The standard InChI is InChI=1S/C19H16ClN3OS/c1-25-19-21-12-15(20)17(23-19)18(24)22-16(13-8-4-2-5-9-13)14-10-6-3-7-11-14/h2-12,16H,1H3,(H,22,24). The third kappa shape index (κ3) is 4.18. The molecule has 0 bridgehead atoms. The van der Waals surface area contributed by atoms with E-state index < -0.39 is 0 Å². The van der Waals surface area contributed by atoms with Crippen LogP contribution in [0, 0.1) is 0 Å². The minimum Gasteiger partial charge on any atom is -0.340 e. The van der Waals surface area contributed by atoms with Gasteiger partial charge in [-0.05, 0) is 17.4 Å². The van der Waals surface area contributed by atoms with Crippen LogP contribution in [0.4, 0.5) is 0 Å². The van der Waals surface area contributed by atoms with Crippen LogP contribution in [0.25, 0.3) is 0 Å². The summed E-state index contributed by atoms with van der Waals surface area (Å²) in [5, 5.41) is 3.77. The van der Waals surface area contributed by atoms with Crippen LogP contribution in [0.15, 0.2) is 72.0 Å². The fourth-order valence-electron chi connectivity index (χ4n) is 2.46. The van der Waals surface area contributed by atoms with Crippen molar-refractivity contribution in [2.45, 2.75) is 11.2 Å². The average Bonchev–Trinajstić information content (AvgIpc) is 2.67. The Kier molecular flexibility index (Phi) is 5.68. The number of hydrogen-bond donors (Lipinski definition) is 1. The summed E-state index contributed by atoms with van der Waals surface area (Å²) in [6.07, 6.45) is 3.30. The van der Waals surface area contributed by atoms with Gasteiger partial charge in [0.25, 0.3) is 5.91 Å². The molecule has 3 rings (SSSR count). The zero-order valence-electron chi connectivity index (χ0n) is 13.5. The first-order valence-corrected chi connectivity index (χ1v) is 9.26. The predicted octanol–water partition coefficient (Wildman–Crippen LogP) is 4.37. The minimum atomic E-state index is -0.333. The molecule has 3 aromatic rings. The number of nitrogens with one attached hydrogen (secondary N) is 1. The van der Waals surface area contributed by atoms with Gasteiger partial charge >= 0.3 is 0 Å². The molecule has 0 radical (unpaired) electrons. The largest absolute Gasteiger partial charge is 0.340 e. The smallest absolute Gasteiger partial charge is 0.272 e. The molecule has 0 unspecified atom stereocenters. The summed E-state index contributed by atoms with van der Waals surface area (Å²) >= 11 is 7.49. The summed E-state index contributed by atoms with van der Waals surface area (Å²) < 4.78 is 0. The molecule has 1 N–H and O–H groups in total. The van der Waals surface area contributed by atoms with Gasteiger partial charge in [0.1, 0.15) is 0 Å². The van der Waals surface area contributed by atoms with Crippen LogP contribution in [0.3, 0.4) is 0 Å². The van der Waals surface area contributed by atoms with Crippen molar-refractivity contribution in [3.63, 3.8) is 0 Å². The van der Waals surface area contributed by atoms with Crippen molar-refractivity contribution in [1.29, 1.82) is 0 Å². The van der Waals surface area contributed by atoms with Crippen molar-refractivity contribution in [3.8, 4) is 0 Å². The molecular weight excluding hydrogens is 354 g/mol. The number of halogens is 1. The van der Waals surface area contributed by atoms with Crippen molar-refractivity contribution in [1.82, 2.24) is 15.3 Å². The van der Waals surface area contributed by atoms with E-state index in [1.54, 1.807) is 0 Å². The molecule has 0 atom stereocenters. The SMILES string of the molecule is CSc1ncc(Cl)c(C(=O)NC(c2ccccc2)c2ccccc2)n1. The number of rotatable bonds is 5. The van der Waals surface area contributed by atoms with E-state index in [2.05, 4.69) is 15.3 Å². The van der Waals surface area contributed by atoms with Gasteiger partial charge in [-0.1, -0.05) is 84.0 Å². The van der Waals surface area contributed by atoms with Crippen LogP contribution in [0.2, 0.25) is 5.02 Å². The Morgan fingerprint density at radius 1 is 1.04 bits per heavy atom. The maximum atomic E-state index is 12.8. The highest BCUT2D eigenvalue weighted by Gasteiger charge is 2.20. The molecule has 1 amide bonds. The van der Waals surface area contributed by atoms with Gasteiger partial charge in [-0.3, -0.25) is 4.79 Å². The van der Waals surface area contributed by atoms with Crippen LogP contribution in [-0.4, -0.2) is 22.1 Å². The second-order valence-corrected chi connectivity index (χ2v) is 6.46. The number of benzene rings is 2. The highest BCUT2D eigenvalue weighted by molar-refractivity contribution is 7.98. The summed E-state index contributed by atoms with van der Waals surface area (Å²) in [5.74, 6) is -0.333. The Morgan fingerprint density at radius 3 is 2.12 bits per heavy atom. The normalized spacial score (nSPS) is 10.7. The first kappa shape index (κ1) is 17.5. The lowest BCUT2D eigenvalue weighted by Gasteiger charge is -2.20. The molecule has 0 fully saturated rings. The number of carbonyl (C=O) groups is 1. The van der Waals surface area contributed by atoms with Crippen LogP contribution in [-0.2, 0) is 0 Å². The molecule has 0 spiro atoms. The molecule has 0 aliphatic rings. The van der Waals surface area contributed by atoms with Crippen molar-refractivity contribution in [2.24, 2.45) is 0 Å². The zero-order valence-corrected chi connectivity index (χ0v) is 15.1. The summed E-state index contributed by atoms with van der Waals surface area (Å²) in [6, 6.07) is 19.3. The molecule has 0 saturated carbocycles. The van der Waals surface area contributed by atoms with E-state index in [1.165, 1.54) is 18.0 Å². The van der Waals surface area contributed by atoms with Gasteiger partial charge in [0, 0.05) is 0 Å². The summed E-state index contributed by atoms with van der Waals surface area (Å²) in [6.45, 7) is 0. The molecule has 0 aliphatic heterocycles. The van der Waals surface area contributed by atoms with Gasteiger partial charge in [0.15, 0.2) is 10.9 Å². The second-order valence-electron chi connectivity index (χ2n) is 5.28. The Hall–Kier alpha value is -2.37. The lowest BCUT2D eigenvalue weighted by Crippen LogP contribution is -2.30. The molecule has 1 heterocycles. The zero-order chi connectivity index (χ0) is 17.6. The molecule has 4 nitrogen and oxygen atoms in total. The Labute approximate surface area is 155 Å². The van der Waals surface area contributed by atoms with E-state index in [1.807, 2.05) is 66.9 Å². The number of aromatic nitrogens is 2. The summed E-state index contributed by atoms with van der Waals surface area (Å²) in [4.78, 5) is 21.1. The molecule has 0 saturated heterocycles. The minimum absolute atomic E-state index is 0.179. The third-order valence-corrected chi connectivity index (χ3v) is 4.50. The van der Waals surface area contributed by atoms with E-state index in [0.29, 0.717) is 5.16 Å². The second kappa shape index (κ2) is 8.14. The van der Waals surface area contributed by atoms with Gasteiger partial charge in [-0.25, -0.2) is 9.97 Å². The van der Waals surface area contributed by atoms with E-state index in [0.717, 1.165) is 11.1 Å². The number of nitrogens with zero attached hydrogens (tertiary/aromatic N) is 2. The number of hydrogen-bond acceptors (Lipinski definition) is 4. The van der Waals surface area contributed by atoms with E-state index in [9.17, 15) is 4.79 Å². The summed E-state index contributed by atoms with van der Waals surface area (Å²) in [7, 11) is 0. The molecule has 0 aliphatic carbocycles. The Bertz CT molecular complexity index is 820. The lowest BCUT2D eigenvalue weighted by atomic mass is 9.98. The third-order valence-electron chi connectivity index (χ3n) is 3.66. The lowest BCUT2D eigenvalue weighted by molar-refractivity contribution is 0.0937.